The highest BCUT2D eigenvalue weighted by Crippen LogP contribution is 2.18. The minimum absolute atomic E-state index is 0.247. The first-order valence-electron chi connectivity index (χ1n) is 5.68. The number of nitrogens with zero attached hydrogens (tertiary/aromatic N) is 2. The van der Waals surface area contributed by atoms with Crippen LogP contribution in [0.2, 0.25) is 0 Å². The first-order chi connectivity index (χ1) is 6.71. The topological polar surface area (TPSA) is 44.5 Å². The third kappa shape index (κ3) is 2.08. The zero-order chi connectivity index (χ0) is 10.0. The van der Waals surface area contributed by atoms with E-state index in [2.05, 4.69) is 22.2 Å². The zero-order valence-electron chi connectivity index (χ0n) is 9.13. The first kappa shape index (κ1) is 10.4. The third-order valence-electron chi connectivity index (χ3n) is 3.46. The van der Waals surface area contributed by atoms with Crippen LogP contribution < -0.4 is 11.1 Å². The van der Waals surface area contributed by atoms with E-state index in [9.17, 15) is 0 Å². The summed E-state index contributed by atoms with van der Waals surface area (Å²) in [6.45, 7) is 4.53. The molecule has 2 saturated heterocycles. The van der Waals surface area contributed by atoms with Gasteiger partial charge >= 0.3 is 0 Å². The Morgan fingerprint density at radius 3 is 2.64 bits per heavy atom. The Hall–Kier alpha value is -0.160. The van der Waals surface area contributed by atoms with E-state index in [0.29, 0.717) is 0 Å². The minimum Gasteiger partial charge on any atom is -0.301 e. The van der Waals surface area contributed by atoms with Crippen LogP contribution in [0.1, 0.15) is 25.7 Å². The lowest BCUT2D eigenvalue weighted by molar-refractivity contribution is 0.0519. The molecule has 0 aromatic heterocycles. The van der Waals surface area contributed by atoms with Crippen LogP contribution in [0.3, 0.4) is 0 Å². The number of nitrogens with one attached hydrogen (secondary N) is 1. The second-order valence-corrected chi connectivity index (χ2v) is 4.62. The van der Waals surface area contributed by atoms with Crippen molar-refractivity contribution >= 4 is 0 Å². The van der Waals surface area contributed by atoms with Crippen LogP contribution in [0.5, 0.6) is 0 Å². The number of hydrogen-bond donors (Lipinski definition) is 2. The van der Waals surface area contributed by atoms with Crippen molar-refractivity contribution < 1.29 is 0 Å². The molecule has 0 aliphatic carbocycles. The molecule has 0 radical (unpaired) electrons. The molecular formula is C10H22N4. The molecule has 2 rings (SSSR count). The molecule has 2 aliphatic rings. The third-order valence-corrected chi connectivity index (χ3v) is 3.46. The molecule has 4 nitrogen and oxygen atoms in total. The molecule has 1 atom stereocenters. The van der Waals surface area contributed by atoms with Gasteiger partial charge in [0.1, 0.15) is 5.79 Å². The highest BCUT2D eigenvalue weighted by Gasteiger charge is 2.33. The van der Waals surface area contributed by atoms with Gasteiger partial charge in [0, 0.05) is 0 Å². The molecule has 0 saturated carbocycles. The van der Waals surface area contributed by atoms with Crippen molar-refractivity contribution in [3.05, 3.63) is 0 Å². The van der Waals surface area contributed by atoms with E-state index in [1.165, 1.54) is 32.4 Å². The summed E-state index contributed by atoms with van der Waals surface area (Å²) in [6.07, 6.45) is 4.95. The van der Waals surface area contributed by atoms with Gasteiger partial charge in [-0.05, 0) is 52.4 Å². The van der Waals surface area contributed by atoms with Gasteiger partial charge in [0.2, 0.25) is 0 Å². The molecule has 2 fully saturated rings. The maximum Gasteiger partial charge on any atom is 0.124 e. The Morgan fingerprint density at radius 2 is 2.07 bits per heavy atom. The molecule has 0 unspecified atom stereocenters. The highest BCUT2D eigenvalue weighted by molar-refractivity contribution is 4.86. The lowest BCUT2D eigenvalue weighted by Crippen LogP contribution is -2.62. The summed E-state index contributed by atoms with van der Waals surface area (Å²) in [5.41, 5.74) is 6.27. The highest BCUT2D eigenvalue weighted by atomic mass is 15.5. The van der Waals surface area contributed by atoms with Crippen molar-refractivity contribution in [3.8, 4) is 0 Å². The van der Waals surface area contributed by atoms with Gasteiger partial charge in [0.25, 0.3) is 0 Å². The summed E-state index contributed by atoms with van der Waals surface area (Å²) in [5.74, 6) is -0.247. The van der Waals surface area contributed by atoms with Gasteiger partial charge in [-0.3, -0.25) is 15.1 Å². The Balaban J connectivity index is 1.84. The maximum absolute atomic E-state index is 6.27. The zero-order valence-corrected chi connectivity index (χ0v) is 9.13. The molecule has 2 heterocycles. The average Bonchev–Trinajstić information content (AvgIpc) is 2.76. The fourth-order valence-electron chi connectivity index (χ4n) is 2.43. The lowest BCUT2D eigenvalue weighted by Gasteiger charge is -2.37. The van der Waals surface area contributed by atoms with Crippen LogP contribution in [0.4, 0.5) is 0 Å². The average molecular weight is 198 g/mol. The van der Waals surface area contributed by atoms with Crippen LogP contribution in [0.25, 0.3) is 0 Å². The van der Waals surface area contributed by atoms with Gasteiger partial charge in [-0.1, -0.05) is 0 Å². The van der Waals surface area contributed by atoms with Gasteiger partial charge in [0.05, 0.1) is 6.67 Å². The smallest absolute Gasteiger partial charge is 0.124 e. The lowest BCUT2D eigenvalue weighted by atomic mass is 10.2. The monoisotopic (exact) mass is 198 g/mol. The second kappa shape index (κ2) is 4.14. The van der Waals surface area contributed by atoms with E-state index in [4.69, 9.17) is 5.73 Å². The number of nitrogens with two attached hydrogens (primary N) is 1. The molecule has 0 aromatic rings. The standard InChI is InChI=1S/C10H22N4/c1-13(9-14-7-2-3-8-14)10(11)5-4-6-12-10/h12H,2-9,11H2,1H3/t10-/m1/s1. The van der Waals surface area contributed by atoms with Gasteiger partial charge in [-0.15, -0.1) is 0 Å². The SMILES string of the molecule is CN(CN1CCCC1)[C@@]1(N)CCCN1. The normalized spacial score (nSPS) is 34.5. The van der Waals surface area contributed by atoms with E-state index < -0.39 is 0 Å². The van der Waals surface area contributed by atoms with Gasteiger partial charge in [-0.25, -0.2) is 0 Å². The summed E-state index contributed by atoms with van der Waals surface area (Å²) >= 11 is 0. The van der Waals surface area contributed by atoms with E-state index >= 15 is 0 Å². The first-order valence-corrected chi connectivity index (χ1v) is 5.68. The Morgan fingerprint density at radius 1 is 1.36 bits per heavy atom. The van der Waals surface area contributed by atoms with Crippen LogP contribution in [-0.4, -0.2) is 48.9 Å². The summed E-state index contributed by atoms with van der Waals surface area (Å²) in [5, 5.41) is 3.38. The predicted octanol–water partition coefficient (Wildman–Crippen LogP) is -0.0326. The van der Waals surface area contributed by atoms with E-state index in [1.807, 2.05) is 0 Å². The van der Waals surface area contributed by atoms with Crippen LogP contribution in [-0.2, 0) is 0 Å². The Kier molecular flexibility index (Phi) is 3.07. The molecule has 82 valence electrons. The largest absolute Gasteiger partial charge is 0.301 e. The van der Waals surface area contributed by atoms with Gasteiger partial charge < -0.3 is 5.73 Å². The van der Waals surface area contributed by atoms with Crippen molar-refractivity contribution in [2.24, 2.45) is 5.73 Å². The molecule has 3 N–H and O–H groups in total. The molecule has 2 aliphatic heterocycles. The summed E-state index contributed by atoms with van der Waals surface area (Å²) in [7, 11) is 2.12. The maximum atomic E-state index is 6.27. The van der Waals surface area contributed by atoms with Crippen LogP contribution in [0, 0.1) is 0 Å². The molecule has 0 spiro atoms. The van der Waals surface area contributed by atoms with E-state index in [1.54, 1.807) is 0 Å². The summed E-state index contributed by atoms with van der Waals surface area (Å²) in [4.78, 5) is 4.74. The number of hydrogen-bond acceptors (Lipinski definition) is 4. The molecular weight excluding hydrogens is 176 g/mol. The predicted molar refractivity (Wildman–Crippen MR) is 57.6 cm³/mol. The fourth-order valence-corrected chi connectivity index (χ4v) is 2.43. The second-order valence-electron chi connectivity index (χ2n) is 4.62. The number of likely N-dealkylation sites (tertiary alicyclic amines) is 1. The van der Waals surface area contributed by atoms with Crippen molar-refractivity contribution in [1.82, 2.24) is 15.1 Å². The van der Waals surface area contributed by atoms with Crippen LogP contribution in [0.15, 0.2) is 0 Å². The molecule has 0 aromatic carbocycles. The summed E-state index contributed by atoms with van der Waals surface area (Å²) in [6, 6.07) is 0. The Bertz CT molecular complexity index is 183. The van der Waals surface area contributed by atoms with Gasteiger partial charge in [0.15, 0.2) is 0 Å². The van der Waals surface area contributed by atoms with Crippen molar-refractivity contribution in [1.29, 1.82) is 0 Å². The van der Waals surface area contributed by atoms with E-state index in [0.717, 1.165) is 19.6 Å². The Labute approximate surface area is 86.4 Å². The molecule has 4 heteroatoms. The quantitative estimate of drug-likeness (QED) is 0.625. The fraction of sp³-hybridized carbons (Fsp3) is 1.00. The molecule has 0 amide bonds. The molecule has 14 heavy (non-hydrogen) atoms. The summed E-state index contributed by atoms with van der Waals surface area (Å²) < 4.78 is 0. The van der Waals surface area contributed by atoms with Crippen LogP contribution >= 0.6 is 0 Å². The van der Waals surface area contributed by atoms with Crippen molar-refractivity contribution in [3.63, 3.8) is 0 Å². The minimum atomic E-state index is -0.247. The molecule has 0 bridgehead atoms. The van der Waals surface area contributed by atoms with Crippen molar-refractivity contribution in [2.75, 3.05) is 33.4 Å². The number of rotatable bonds is 3. The van der Waals surface area contributed by atoms with E-state index in [-0.39, 0.29) is 5.79 Å². The van der Waals surface area contributed by atoms with Crippen molar-refractivity contribution in [2.45, 2.75) is 31.5 Å². The van der Waals surface area contributed by atoms with Gasteiger partial charge in [-0.2, -0.15) is 0 Å².